The van der Waals surface area contributed by atoms with Crippen molar-refractivity contribution >= 4 is 29.1 Å². The Hall–Kier alpha value is -4.93. The van der Waals surface area contributed by atoms with E-state index in [1.165, 1.54) is 29.2 Å². The highest BCUT2D eigenvalue weighted by atomic mass is 16.7. The Kier molecular flexibility index (Phi) is 6.65. The second-order valence-electron chi connectivity index (χ2n) is 8.64. The normalized spacial score (nSPS) is 16.0. The van der Waals surface area contributed by atoms with Crippen molar-refractivity contribution in [1.29, 1.82) is 0 Å². The molecule has 2 aliphatic rings. The van der Waals surface area contributed by atoms with Crippen LogP contribution in [0.1, 0.15) is 29.3 Å². The zero-order chi connectivity index (χ0) is 26.8. The quantitative estimate of drug-likeness (QED) is 0.251. The van der Waals surface area contributed by atoms with Crippen molar-refractivity contribution in [2.75, 3.05) is 18.3 Å². The van der Waals surface area contributed by atoms with E-state index in [2.05, 4.69) is 0 Å². The number of carbonyl (C=O) groups is 3. The van der Waals surface area contributed by atoms with Crippen LogP contribution < -0.4 is 19.1 Å². The Bertz CT molecular complexity index is 1400. The van der Waals surface area contributed by atoms with E-state index in [0.717, 1.165) is 4.90 Å². The van der Waals surface area contributed by atoms with Crippen molar-refractivity contribution in [3.63, 3.8) is 0 Å². The molecule has 2 heterocycles. The Morgan fingerprint density at radius 1 is 1.05 bits per heavy atom. The summed E-state index contributed by atoms with van der Waals surface area (Å²) >= 11 is 0. The van der Waals surface area contributed by atoms with E-state index in [1.54, 1.807) is 42.5 Å². The molecule has 11 nitrogen and oxygen atoms in total. The topological polar surface area (TPSA) is 129 Å². The molecule has 0 bridgehead atoms. The molecule has 0 aromatic heterocycles. The maximum atomic E-state index is 13.7. The minimum atomic E-state index is -1.08. The number of amides is 3. The van der Waals surface area contributed by atoms with Gasteiger partial charge in [-0.15, -0.1) is 0 Å². The first-order valence-corrected chi connectivity index (χ1v) is 11.9. The van der Waals surface area contributed by atoms with Crippen molar-refractivity contribution in [3.05, 3.63) is 88.0 Å². The standard InChI is InChI=1S/C27H23N3O8/c1-2-36-21-10-8-19(9-11-21)29-25(31)14-22(27(29)33)28(15-17-3-12-23-24(13-17)38-16-37-23)26(32)18-4-6-20(7-5-18)30(34)35/h3-13,22H,2,14-16H2,1H3. The van der Waals surface area contributed by atoms with Gasteiger partial charge in [0.25, 0.3) is 17.5 Å². The molecule has 0 N–H and O–H groups in total. The number of nitrogens with zero attached hydrogens (tertiary/aromatic N) is 3. The van der Waals surface area contributed by atoms with Gasteiger partial charge in [0.05, 0.1) is 23.6 Å². The number of non-ortho nitro benzene ring substituents is 1. The maximum absolute atomic E-state index is 13.7. The SMILES string of the molecule is CCOc1ccc(N2C(=O)CC(N(Cc3ccc4c(c3)OCO4)C(=O)c3ccc([N+](=O)[O-])cc3)C2=O)cc1. The van der Waals surface area contributed by atoms with E-state index in [0.29, 0.717) is 35.1 Å². The molecule has 38 heavy (non-hydrogen) atoms. The van der Waals surface area contributed by atoms with Gasteiger partial charge < -0.3 is 19.1 Å². The third-order valence-electron chi connectivity index (χ3n) is 6.28. The highest BCUT2D eigenvalue weighted by Gasteiger charge is 2.44. The lowest BCUT2D eigenvalue weighted by Crippen LogP contribution is -2.45. The first-order valence-electron chi connectivity index (χ1n) is 11.9. The molecule has 1 saturated heterocycles. The third-order valence-corrected chi connectivity index (χ3v) is 6.28. The van der Waals surface area contributed by atoms with Crippen LogP contribution in [-0.4, -0.2) is 47.0 Å². The molecule has 0 saturated carbocycles. The molecular formula is C27H23N3O8. The highest BCUT2D eigenvalue weighted by molar-refractivity contribution is 6.23. The summed E-state index contributed by atoms with van der Waals surface area (Å²) < 4.78 is 16.2. The molecule has 3 aromatic rings. The lowest BCUT2D eigenvalue weighted by molar-refractivity contribution is -0.384. The van der Waals surface area contributed by atoms with E-state index in [9.17, 15) is 24.5 Å². The predicted octanol–water partition coefficient (Wildman–Crippen LogP) is 3.70. The van der Waals surface area contributed by atoms with Crippen molar-refractivity contribution in [2.45, 2.75) is 25.9 Å². The number of imide groups is 1. The second-order valence-corrected chi connectivity index (χ2v) is 8.64. The van der Waals surface area contributed by atoms with Gasteiger partial charge in [0.1, 0.15) is 11.8 Å². The molecule has 3 aromatic carbocycles. The zero-order valence-corrected chi connectivity index (χ0v) is 20.4. The number of benzene rings is 3. The van der Waals surface area contributed by atoms with Gasteiger partial charge in [0.15, 0.2) is 11.5 Å². The van der Waals surface area contributed by atoms with Crippen LogP contribution in [0.25, 0.3) is 0 Å². The molecule has 3 amide bonds. The lowest BCUT2D eigenvalue weighted by atomic mass is 10.1. The fraction of sp³-hybridized carbons (Fsp3) is 0.222. The van der Waals surface area contributed by atoms with Gasteiger partial charge in [0.2, 0.25) is 12.7 Å². The van der Waals surface area contributed by atoms with Gasteiger partial charge in [-0.3, -0.25) is 24.5 Å². The smallest absolute Gasteiger partial charge is 0.269 e. The van der Waals surface area contributed by atoms with Crippen LogP contribution in [0.15, 0.2) is 66.7 Å². The number of nitro groups is 1. The summed E-state index contributed by atoms with van der Waals surface area (Å²) in [5.74, 6) is 0.138. The Morgan fingerprint density at radius 3 is 2.45 bits per heavy atom. The van der Waals surface area contributed by atoms with Gasteiger partial charge in [-0.2, -0.15) is 0 Å². The van der Waals surface area contributed by atoms with Crippen LogP contribution in [0.2, 0.25) is 0 Å². The Morgan fingerprint density at radius 2 is 1.76 bits per heavy atom. The molecule has 2 aliphatic heterocycles. The summed E-state index contributed by atoms with van der Waals surface area (Å²) in [6.07, 6.45) is -0.213. The van der Waals surface area contributed by atoms with Gasteiger partial charge >= 0.3 is 0 Å². The molecular weight excluding hydrogens is 494 g/mol. The average molecular weight is 517 g/mol. The fourth-order valence-corrected chi connectivity index (χ4v) is 4.44. The number of anilines is 1. The lowest BCUT2D eigenvalue weighted by Gasteiger charge is -2.28. The van der Waals surface area contributed by atoms with Crippen LogP contribution >= 0.6 is 0 Å². The van der Waals surface area contributed by atoms with Gasteiger partial charge in [-0.25, -0.2) is 4.90 Å². The molecule has 0 aliphatic carbocycles. The number of carbonyl (C=O) groups excluding carboxylic acids is 3. The summed E-state index contributed by atoms with van der Waals surface area (Å²) in [7, 11) is 0. The maximum Gasteiger partial charge on any atom is 0.269 e. The Labute approximate surface area is 217 Å². The third kappa shape index (κ3) is 4.73. The highest BCUT2D eigenvalue weighted by Crippen LogP contribution is 2.34. The molecule has 194 valence electrons. The van der Waals surface area contributed by atoms with Gasteiger partial charge in [-0.05, 0) is 61.0 Å². The number of fused-ring (bicyclic) bond motifs is 1. The Balaban J connectivity index is 1.46. The van der Waals surface area contributed by atoms with Gasteiger partial charge in [-0.1, -0.05) is 6.07 Å². The van der Waals surface area contributed by atoms with Crippen molar-refractivity contribution in [3.8, 4) is 17.2 Å². The number of ether oxygens (including phenoxy) is 3. The first-order chi connectivity index (χ1) is 18.4. The summed E-state index contributed by atoms with van der Waals surface area (Å²) in [5.41, 5.74) is 1.01. The van der Waals surface area contributed by atoms with E-state index in [4.69, 9.17) is 14.2 Å². The molecule has 0 radical (unpaired) electrons. The first kappa shape index (κ1) is 24.8. The van der Waals surface area contributed by atoms with Crippen molar-refractivity contribution in [2.24, 2.45) is 0 Å². The summed E-state index contributed by atoms with van der Waals surface area (Å²) in [6, 6.07) is 15.8. The molecule has 5 rings (SSSR count). The average Bonchev–Trinajstić information content (AvgIpc) is 3.50. The summed E-state index contributed by atoms with van der Waals surface area (Å²) in [4.78, 5) is 53.1. The minimum Gasteiger partial charge on any atom is -0.494 e. The predicted molar refractivity (Wildman–Crippen MR) is 134 cm³/mol. The number of hydrogen-bond acceptors (Lipinski definition) is 8. The van der Waals surface area contributed by atoms with Crippen molar-refractivity contribution < 1.29 is 33.5 Å². The van der Waals surface area contributed by atoms with Crippen LogP contribution in [0.5, 0.6) is 17.2 Å². The molecule has 1 fully saturated rings. The number of nitro benzene ring substituents is 1. The molecule has 1 atom stereocenters. The minimum absolute atomic E-state index is 0.00668. The van der Waals surface area contributed by atoms with Crippen LogP contribution in [0, 0.1) is 10.1 Å². The molecule has 11 heteroatoms. The van der Waals surface area contributed by atoms with Crippen molar-refractivity contribution in [1.82, 2.24) is 4.90 Å². The van der Waals surface area contributed by atoms with E-state index in [1.807, 2.05) is 6.92 Å². The fourth-order valence-electron chi connectivity index (χ4n) is 4.44. The van der Waals surface area contributed by atoms with Crippen LogP contribution in [0.3, 0.4) is 0 Å². The summed E-state index contributed by atoms with van der Waals surface area (Å²) in [6.45, 7) is 2.40. The van der Waals surface area contributed by atoms with E-state index >= 15 is 0 Å². The summed E-state index contributed by atoms with van der Waals surface area (Å²) in [5, 5.41) is 11.1. The monoisotopic (exact) mass is 517 g/mol. The van der Waals surface area contributed by atoms with E-state index in [-0.39, 0.29) is 31.0 Å². The van der Waals surface area contributed by atoms with Crippen LogP contribution in [0.4, 0.5) is 11.4 Å². The second kappa shape index (κ2) is 10.2. The zero-order valence-electron chi connectivity index (χ0n) is 20.4. The largest absolute Gasteiger partial charge is 0.494 e. The van der Waals surface area contributed by atoms with Crippen LogP contribution in [-0.2, 0) is 16.1 Å². The van der Waals surface area contributed by atoms with E-state index < -0.39 is 28.7 Å². The molecule has 1 unspecified atom stereocenters. The van der Waals surface area contributed by atoms with Gasteiger partial charge in [0, 0.05) is 24.2 Å². The number of rotatable bonds is 8. The number of hydrogen-bond donors (Lipinski definition) is 0. The molecule has 0 spiro atoms.